The molecule has 0 radical (unpaired) electrons. The summed E-state index contributed by atoms with van der Waals surface area (Å²) in [4.78, 5) is 10.7. The van der Waals surface area contributed by atoms with Gasteiger partial charge < -0.3 is 16.8 Å². The van der Waals surface area contributed by atoms with Crippen LogP contribution in [-0.4, -0.2) is 31.0 Å². The van der Waals surface area contributed by atoms with E-state index in [-0.39, 0.29) is 28.8 Å². The topological polar surface area (TPSA) is 128 Å². The number of sulfone groups is 1. The molecule has 0 saturated heterocycles. The number of carbonyl (C=O) groups excluding carboxylic acids is 1. The van der Waals surface area contributed by atoms with Gasteiger partial charge in [0.15, 0.2) is 15.7 Å². The largest absolute Gasteiger partial charge is 0.382 e. The lowest BCUT2D eigenvalue weighted by atomic mass is 10.3. The molecule has 0 aliphatic rings. The third-order valence-electron chi connectivity index (χ3n) is 2.34. The van der Waals surface area contributed by atoms with Gasteiger partial charge >= 0.3 is 0 Å². The highest BCUT2D eigenvalue weighted by atomic mass is 32.2. The van der Waals surface area contributed by atoms with Gasteiger partial charge in [0.2, 0.25) is 5.91 Å². The Morgan fingerprint density at radius 3 is 2.74 bits per heavy atom. The quantitative estimate of drug-likeness (QED) is 0.603. The maximum atomic E-state index is 12.0. The summed E-state index contributed by atoms with van der Waals surface area (Å²) in [5.74, 6) is -0.328. The molecule has 1 aromatic rings. The molecule has 0 unspecified atom stereocenters. The lowest BCUT2D eigenvalue weighted by Gasteiger charge is -2.07. The van der Waals surface area contributed by atoms with E-state index in [0.29, 0.717) is 24.4 Å². The van der Waals surface area contributed by atoms with E-state index in [2.05, 4.69) is 9.69 Å². The zero-order chi connectivity index (χ0) is 14.5. The first-order valence-corrected chi connectivity index (χ1v) is 8.31. The number of carbonyl (C=O) groups is 1. The average Bonchev–Trinajstić information content (AvgIpc) is 2.66. The van der Waals surface area contributed by atoms with Gasteiger partial charge in [-0.2, -0.15) is 4.37 Å². The SMILES string of the molecule is CCCS(=O)(=O)c1c(N)nsc1NCCCC(N)=O. The monoisotopic (exact) mass is 306 g/mol. The van der Waals surface area contributed by atoms with E-state index in [1.54, 1.807) is 6.92 Å². The van der Waals surface area contributed by atoms with Crippen LogP contribution in [0.25, 0.3) is 0 Å². The zero-order valence-corrected chi connectivity index (χ0v) is 12.3. The highest BCUT2D eigenvalue weighted by Gasteiger charge is 2.24. The number of primary amides is 1. The lowest BCUT2D eigenvalue weighted by Crippen LogP contribution is -2.14. The van der Waals surface area contributed by atoms with E-state index >= 15 is 0 Å². The molecular formula is C10H18N4O3S2. The van der Waals surface area contributed by atoms with Crippen LogP contribution in [0.1, 0.15) is 26.2 Å². The molecule has 0 aliphatic heterocycles. The summed E-state index contributed by atoms with van der Waals surface area (Å²) in [6.07, 6.45) is 1.29. The number of anilines is 2. The standard InChI is InChI=1S/C10H18N4O3S2/c1-2-6-19(16,17)8-9(12)14-18-10(8)13-5-3-4-7(11)15/h13H,2-6H2,1H3,(H2,11,15)(H2,12,14). The molecule has 7 nitrogen and oxygen atoms in total. The highest BCUT2D eigenvalue weighted by Crippen LogP contribution is 2.32. The Bertz CT molecular complexity index is 539. The summed E-state index contributed by atoms with van der Waals surface area (Å²) in [5.41, 5.74) is 10.6. The van der Waals surface area contributed by atoms with E-state index in [1.807, 2.05) is 0 Å². The second-order valence-corrected chi connectivity index (χ2v) is 6.86. The maximum absolute atomic E-state index is 12.0. The Hall–Kier alpha value is -1.35. The summed E-state index contributed by atoms with van der Waals surface area (Å²) in [6.45, 7) is 2.23. The van der Waals surface area contributed by atoms with Crippen LogP contribution in [0.15, 0.2) is 4.90 Å². The van der Waals surface area contributed by atoms with E-state index in [0.717, 1.165) is 11.5 Å². The highest BCUT2D eigenvalue weighted by molar-refractivity contribution is 7.91. The van der Waals surface area contributed by atoms with Gasteiger partial charge in [-0.3, -0.25) is 4.79 Å². The minimum atomic E-state index is -3.41. The number of hydrogen-bond acceptors (Lipinski definition) is 7. The Morgan fingerprint density at radius 2 is 2.16 bits per heavy atom. The van der Waals surface area contributed by atoms with Crippen LogP contribution in [0.5, 0.6) is 0 Å². The number of amides is 1. The fourth-order valence-electron chi connectivity index (χ4n) is 1.54. The molecule has 9 heteroatoms. The van der Waals surface area contributed by atoms with Gasteiger partial charge in [0, 0.05) is 13.0 Å². The van der Waals surface area contributed by atoms with Crippen molar-refractivity contribution < 1.29 is 13.2 Å². The van der Waals surface area contributed by atoms with Crippen molar-refractivity contribution in [3.05, 3.63) is 0 Å². The molecule has 19 heavy (non-hydrogen) atoms. The van der Waals surface area contributed by atoms with E-state index in [1.165, 1.54) is 0 Å². The number of nitrogens with two attached hydrogens (primary N) is 2. The van der Waals surface area contributed by atoms with Crippen LogP contribution >= 0.6 is 11.5 Å². The third kappa shape index (κ3) is 4.35. The van der Waals surface area contributed by atoms with Crippen LogP contribution in [0.3, 0.4) is 0 Å². The maximum Gasteiger partial charge on any atom is 0.217 e. The molecule has 1 rings (SSSR count). The van der Waals surface area contributed by atoms with Gasteiger partial charge in [-0.25, -0.2) is 8.42 Å². The van der Waals surface area contributed by atoms with Crippen LogP contribution in [0.4, 0.5) is 10.8 Å². The van der Waals surface area contributed by atoms with Crippen LogP contribution in [-0.2, 0) is 14.6 Å². The van der Waals surface area contributed by atoms with Gasteiger partial charge in [-0.15, -0.1) is 0 Å². The van der Waals surface area contributed by atoms with Crippen LogP contribution in [0, 0.1) is 0 Å². The third-order valence-corrected chi connectivity index (χ3v) is 5.27. The van der Waals surface area contributed by atoms with Crippen LogP contribution in [0.2, 0.25) is 0 Å². The Kier molecular flexibility index (Phi) is 5.55. The molecule has 0 saturated carbocycles. The van der Waals surface area contributed by atoms with E-state index < -0.39 is 9.84 Å². The lowest BCUT2D eigenvalue weighted by molar-refractivity contribution is -0.118. The van der Waals surface area contributed by atoms with E-state index in [4.69, 9.17) is 11.5 Å². The number of aromatic nitrogens is 1. The predicted octanol–water partition coefficient (Wildman–Crippen LogP) is 0.586. The Morgan fingerprint density at radius 1 is 1.47 bits per heavy atom. The molecule has 0 fully saturated rings. The molecule has 0 aliphatic carbocycles. The molecule has 1 aromatic heterocycles. The second-order valence-electron chi connectivity index (χ2n) is 4.04. The normalized spacial score (nSPS) is 11.4. The zero-order valence-electron chi connectivity index (χ0n) is 10.7. The second kappa shape index (κ2) is 6.71. The van der Waals surface area contributed by atoms with Gasteiger partial charge in [0.05, 0.1) is 5.75 Å². The first kappa shape index (κ1) is 15.7. The van der Waals surface area contributed by atoms with Crippen molar-refractivity contribution in [2.45, 2.75) is 31.1 Å². The summed E-state index contributed by atoms with van der Waals surface area (Å²) in [6, 6.07) is 0. The Balaban J connectivity index is 2.78. The van der Waals surface area contributed by atoms with Crippen molar-refractivity contribution in [2.75, 3.05) is 23.3 Å². The molecule has 0 atom stereocenters. The first-order chi connectivity index (χ1) is 8.88. The average molecular weight is 306 g/mol. The minimum Gasteiger partial charge on any atom is -0.382 e. The van der Waals surface area contributed by atoms with Crippen molar-refractivity contribution in [1.82, 2.24) is 4.37 Å². The molecule has 5 N–H and O–H groups in total. The van der Waals surface area contributed by atoms with Gasteiger partial charge in [0.25, 0.3) is 0 Å². The van der Waals surface area contributed by atoms with E-state index in [9.17, 15) is 13.2 Å². The molecule has 1 heterocycles. The molecule has 108 valence electrons. The number of nitrogen functional groups attached to an aromatic ring is 1. The smallest absolute Gasteiger partial charge is 0.217 e. The number of nitrogens with one attached hydrogen (secondary N) is 1. The number of hydrogen-bond donors (Lipinski definition) is 3. The van der Waals surface area contributed by atoms with Crippen molar-refractivity contribution in [2.24, 2.45) is 5.73 Å². The molecule has 0 aromatic carbocycles. The van der Waals surface area contributed by atoms with Crippen LogP contribution < -0.4 is 16.8 Å². The van der Waals surface area contributed by atoms with Crippen molar-refractivity contribution in [3.8, 4) is 0 Å². The first-order valence-electron chi connectivity index (χ1n) is 5.88. The van der Waals surface area contributed by atoms with Crippen molar-refractivity contribution in [1.29, 1.82) is 0 Å². The molecule has 0 spiro atoms. The fraction of sp³-hybridized carbons (Fsp3) is 0.600. The van der Waals surface area contributed by atoms with Crippen molar-refractivity contribution in [3.63, 3.8) is 0 Å². The molecule has 1 amide bonds. The fourth-order valence-corrected chi connectivity index (χ4v) is 4.19. The minimum absolute atomic E-state index is 0.0239. The van der Waals surface area contributed by atoms with Crippen molar-refractivity contribution >= 4 is 38.1 Å². The summed E-state index contributed by atoms with van der Waals surface area (Å²) in [5, 5.41) is 3.37. The molecule has 0 bridgehead atoms. The Labute approximate surface area is 116 Å². The van der Waals surface area contributed by atoms with Gasteiger partial charge in [-0.05, 0) is 24.4 Å². The number of nitrogens with zero attached hydrogens (tertiary/aromatic N) is 1. The summed E-state index contributed by atoms with van der Waals surface area (Å²) in [7, 11) is -3.41. The van der Waals surface area contributed by atoms with Gasteiger partial charge in [0.1, 0.15) is 9.90 Å². The van der Waals surface area contributed by atoms with Gasteiger partial charge in [-0.1, -0.05) is 6.92 Å². The molecular weight excluding hydrogens is 288 g/mol. The number of rotatable bonds is 8. The summed E-state index contributed by atoms with van der Waals surface area (Å²) < 4.78 is 28.0. The predicted molar refractivity (Wildman–Crippen MR) is 75.8 cm³/mol. The summed E-state index contributed by atoms with van der Waals surface area (Å²) >= 11 is 1.01.